The van der Waals surface area contributed by atoms with Crippen LogP contribution in [0.4, 0.5) is 19.0 Å². The van der Waals surface area contributed by atoms with Gasteiger partial charge in [0.05, 0.1) is 0 Å². The molecule has 0 spiro atoms. The second-order valence-corrected chi connectivity index (χ2v) is 3.91. The highest BCUT2D eigenvalue weighted by atomic mass is 19.4. The zero-order valence-corrected chi connectivity index (χ0v) is 9.17. The number of anilines is 1. The molecule has 16 heavy (non-hydrogen) atoms. The van der Waals surface area contributed by atoms with Crippen LogP contribution < -0.4 is 5.32 Å². The molecular weight excluding hydrogens is 219 g/mol. The van der Waals surface area contributed by atoms with E-state index in [1.807, 2.05) is 0 Å². The minimum absolute atomic E-state index is 0.369. The number of nitrogens with one attached hydrogen (secondary N) is 1. The van der Waals surface area contributed by atoms with Gasteiger partial charge in [-0.2, -0.15) is 13.2 Å². The van der Waals surface area contributed by atoms with Crippen molar-refractivity contribution in [3.05, 3.63) is 17.8 Å². The van der Waals surface area contributed by atoms with Gasteiger partial charge in [-0.15, -0.1) is 10.2 Å². The second kappa shape index (κ2) is 5.14. The number of alkyl halides is 3. The summed E-state index contributed by atoms with van der Waals surface area (Å²) in [5, 5.41) is 9.48. The standard InChI is InChI=1S/C10H14F3N3/c1-7(2)5-6-14-9-4-3-8(15-16-9)10(11,12)13/h3-4,7H,5-6H2,1-2H3,(H,14,16). The third-order valence-electron chi connectivity index (χ3n) is 1.98. The van der Waals surface area contributed by atoms with E-state index in [0.717, 1.165) is 12.5 Å². The third-order valence-corrected chi connectivity index (χ3v) is 1.98. The molecule has 0 aromatic carbocycles. The lowest BCUT2D eigenvalue weighted by molar-refractivity contribution is -0.141. The van der Waals surface area contributed by atoms with Gasteiger partial charge in [0.15, 0.2) is 5.69 Å². The molecule has 0 atom stereocenters. The summed E-state index contributed by atoms with van der Waals surface area (Å²) in [4.78, 5) is 0. The van der Waals surface area contributed by atoms with E-state index in [0.29, 0.717) is 18.3 Å². The number of aromatic nitrogens is 2. The lowest BCUT2D eigenvalue weighted by atomic mass is 10.1. The molecule has 0 aliphatic carbocycles. The maximum atomic E-state index is 12.2. The van der Waals surface area contributed by atoms with Crippen molar-refractivity contribution < 1.29 is 13.2 Å². The molecule has 0 amide bonds. The molecule has 0 aliphatic rings. The van der Waals surface area contributed by atoms with Crippen LogP contribution in [0, 0.1) is 5.92 Å². The van der Waals surface area contributed by atoms with E-state index in [1.165, 1.54) is 6.07 Å². The van der Waals surface area contributed by atoms with E-state index in [1.54, 1.807) is 0 Å². The van der Waals surface area contributed by atoms with Gasteiger partial charge in [-0.1, -0.05) is 13.8 Å². The van der Waals surface area contributed by atoms with Crippen LogP contribution in [-0.4, -0.2) is 16.7 Å². The van der Waals surface area contributed by atoms with Crippen molar-refractivity contribution in [1.29, 1.82) is 0 Å². The lowest BCUT2D eigenvalue weighted by Gasteiger charge is -2.08. The minimum Gasteiger partial charge on any atom is -0.369 e. The van der Waals surface area contributed by atoms with E-state index in [4.69, 9.17) is 0 Å². The van der Waals surface area contributed by atoms with Crippen LogP contribution in [0.3, 0.4) is 0 Å². The van der Waals surface area contributed by atoms with Gasteiger partial charge in [-0.3, -0.25) is 0 Å². The number of hydrogen-bond acceptors (Lipinski definition) is 3. The molecule has 1 heterocycles. The Bertz CT molecular complexity index is 319. The first kappa shape index (κ1) is 12.7. The van der Waals surface area contributed by atoms with Gasteiger partial charge in [-0.25, -0.2) is 0 Å². The highest BCUT2D eigenvalue weighted by Crippen LogP contribution is 2.26. The zero-order chi connectivity index (χ0) is 12.2. The molecule has 90 valence electrons. The Morgan fingerprint density at radius 2 is 1.94 bits per heavy atom. The van der Waals surface area contributed by atoms with Crippen molar-refractivity contribution in [1.82, 2.24) is 10.2 Å². The van der Waals surface area contributed by atoms with E-state index in [9.17, 15) is 13.2 Å². The Labute approximate surface area is 92.1 Å². The van der Waals surface area contributed by atoms with Crippen molar-refractivity contribution in [2.75, 3.05) is 11.9 Å². The summed E-state index contributed by atoms with van der Waals surface area (Å²) >= 11 is 0. The van der Waals surface area contributed by atoms with E-state index < -0.39 is 11.9 Å². The summed E-state index contributed by atoms with van der Waals surface area (Å²) in [6.07, 6.45) is -3.49. The summed E-state index contributed by atoms with van der Waals surface area (Å²) in [5.41, 5.74) is -0.970. The topological polar surface area (TPSA) is 37.8 Å². The predicted octanol–water partition coefficient (Wildman–Crippen LogP) is 2.95. The summed E-state index contributed by atoms with van der Waals surface area (Å²) in [7, 11) is 0. The van der Waals surface area contributed by atoms with Gasteiger partial charge < -0.3 is 5.32 Å². The molecule has 0 radical (unpaired) electrons. The van der Waals surface area contributed by atoms with Crippen molar-refractivity contribution >= 4 is 5.82 Å². The Morgan fingerprint density at radius 3 is 2.38 bits per heavy atom. The molecule has 6 heteroatoms. The Hall–Kier alpha value is -1.33. The maximum Gasteiger partial charge on any atom is 0.435 e. The smallest absolute Gasteiger partial charge is 0.369 e. The molecule has 0 unspecified atom stereocenters. The minimum atomic E-state index is -4.43. The highest BCUT2D eigenvalue weighted by Gasteiger charge is 2.32. The normalized spacial score (nSPS) is 11.9. The number of hydrogen-bond donors (Lipinski definition) is 1. The van der Waals surface area contributed by atoms with E-state index in [-0.39, 0.29) is 0 Å². The zero-order valence-electron chi connectivity index (χ0n) is 9.17. The first-order chi connectivity index (χ1) is 7.39. The van der Waals surface area contributed by atoms with Gasteiger partial charge in [0, 0.05) is 6.54 Å². The number of nitrogens with zero attached hydrogens (tertiary/aromatic N) is 2. The predicted molar refractivity (Wildman–Crippen MR) is 55.0 cm³/mol. The molecule has 1 aromatic heterocycles. The Kier molecular flexibility index (Phi) is 4.09. The van der Waals surface area contributed by atoms with Crippen LogP contribution in [0.25, 0.3) is 0 Å². The van der Waals surface area contributed by atoms with Gasteiger partial charge >= 0.3 is 6.18 Å². The molecule has 1 rings (SSSR count). The van der Waals surface area contributed by atoms with Gasteiger partial charge in [0.1, 0.15) is 5.82 Å². The summed E-state index contributed by atoms with van der Waals surface area (Å²) in [6.45, 7) is 4.82. The SMILES string of the molecule is CC(C)CCNc1ccc(C(F)(F)F)nn1. The number of rotatable bonds is 4. The molecular formula is C10H14F3N3. The monoisotopic (exact) mass is 233 g/mol. The van der Waals surface area contributed by atoms with Gasteiger partial charge in [-0.05, 0) is 24.5 Å². The fourth-order valence-corrected chi connectivity index (χ4v) is 1.07. The van der Waals surface area contributed by atoms with E-state index >= 15 is 0 Å². The Morgan fingerprint density at radius 1 is 1.25 bits per heavy atom. The molecule has 0 fully saturated rings. The largest absolute Gasteiger partial charge is 0.435 e. The highest BCUT2D eigenvalue weighted by molar-refractivity contribution is 5.33. The lowest BCUT2D eigenvalue weighted by Crippen LogP contribution is -2.11. The first-order valence-corrected chi connectivity index (χ1v) is 5.04. The average Bonchev–Trinajstić information content (AvgIpc) is 2.16. The van der Waals surface area contributed by atoms with Crippen molar-refractivity contribution in [2.45, 2.75) is 26.4 Å². The Balaban J connectivity index is 2.52. The number of halogens is 3. The van der Waals surface area contributed by atoms with Crippen LogP contribution >= 0.6 is 0 Å². The van der Waals surface area contributed by atoms with Gasteiger partial charge in [0.2, 0.25) is 0 Å². The van der Waals surface area contributed by atoms with Crippen LogP contribution in [-0.2, 0) is 6.18 Å². The maximum absolute atomic E-state index is 12.2. The van der Waals surface area contributed by atoms with Crippen LogP contribution in [0.2, 0.25) is 0 Å². The van der Waals surface area contributed by atoms with Crippen molar-refractivity contribution in [2.24, 2.45) is 5.92 Å². The van der Waals surface area contributed by atoms with Crippen LogP contribution in [0.5, 0.6) is 0 Å². The quantitative estimate of drug-likeness (QED) is 0.868. The van der Waals surface area contributed by atoms with E-state index in [2.05, 4.69) is 29.4 Å². The summed E-state index contributed by atoms with van der Waals surface area (Å²) in [6, 6.07) is 2.21. The molecule has 1 N–H and O–H groups in total. The molecule has 0 aliphatic heterocycles. The fourth-order valence-electron chi connectivity index (χ4n) is 1.07. The third kappa shape index (κ3) is 4.04. The first-order valence-electron chi connectivity index (χ1n) is 5.04. The van der Waals surface area contributed by atoms with Crippen molar-refractivity contribution in [3.8, 4) is 0 Å². The second-order valence-electron chi connectivity index (χ2n) is 3.91. The molecule has 3 nitrogen and oxygen atoms in total. The molecule has 1 aromatic rings. The molecule has 0 saturated heterocycles. The van der Waals surface area contributed by atoms with Crippen molar-refractivity contribution in [3.63, 3.8) is 0 Å². The van der Waals surface area contributed by atoms with Gasteiger partial charge in [0.25, 0.3) is 0 Å². The van der Waals surface area contributed by atoms with Crippen LogP contribution in [0.1, 0.15) is 26.0 Å². The van der Waals surface area contributed by atoms with Crippen LogP contribution in [0.15, 0.2) is 12.1 Å². The molecule has 0 saturated carbocycles. The molecule has 0 bridgehead atoms. The summed E-state index contributed by atoms with van der Waals surface area (Å²) in [5.74, 6) is 0.906. The summed E-state index contributed by atoms with van der Waals surface area (Å²) < 4.78 is 36.5. The average molecular weight is 233 g/mol. The fraction of sp³-hybridized carbons (Fsp3) is 0.600.